The molecule has 0 bridgehead atoms. The van der Waals surface area contributed by atoms with Crippen LogP contribution in [0.25, 0.3) is 0 Å². The summed E-state index contributed by atoms with van der Waals surface area (Å²) in [6.07, 6.45) is 0. The van der Waals surface area contributed by atoms with Gasteiger partial charge < -0.3 is 9.73 Å². The molecule has 1 aromatic heterocycles. The van der Waals surface area contributed by atoms with Crippen LogP contribution in [-0.4, -0.2) is 0 Å². The second-order valence-corrected chi connectivity index (χ2v) is 5.39. The molecule has 96 valence electrons. The minimum atomic E-state index is -0.645. The predicted molar refractivity (Wildman–Crippen MR) is 72.5 cm³/mol. The molecule has 0 saturated heterocycles. The van der Waals surface area contributed by atoms with Crippen molar-refractivity contribution < 1.29 is 13.2 Å². The average molecular weight is 381 g/mol. The minimum Gasteiger partial charge on any atom is -0.452 e. The van der Waals surface area contributed by atoms with E-state index in [2.05, 4.69) is 37.2 Å². The molecule has 1 unspecified atom stereocenters. The van der Waals surface area contributed by atoms with Crippen LogP contribution in [0.5, 0.6) is 0 Å². The molecule has 2 nitrogen and oxygen atoms in total. The molecular weight excluding hydrogens is 372 g/mol. The van der Waals surface area contributed by atoms with Gasteiger partial charge in [0, 0.05) is 6.07 Å². The van der Waals surface area contributed by atoms with Crippen LogP contribution in [0.2, 0.25) is 0 Å². The van der Waals surface area contributed by atoms with Gasteiger partial charge in [-0.1, -0.05) is 0 Å². The molecule has 0 spiro atoms. The molecule has 1 heterocycles. The summed E-state index contributed by atoms with van der Waals surface area (Å²) in [4.78, 5) is 0. The van der Waals surface area contributed by atoms with E-state index in [9.17, 15) is 8.78 Å². The van der Waals surface area contributed by atoms with Gasteiger partial charge in [-0.2, -0.15) is 0 Å². The highest BCUT2D eigenvalue weighted by molar-refractivity contribution is 9.10. The van der Waals surface area contributed by atoms with Crippen LogP contribution in [0.4, 0.5) is 14.5 Å². The summed E-state index contributed by atoms with van der Waals surface area (Å²) >= 11 is 6.21. The first-order valence-electron chi connectivity index (χ1n) is 5.13. The zero-order valence-electron chi connectivity index (χ0n) is 9.31. The summed E-state index contributed by atoms with van der Waals surface area (Å²) in [6, 6.07) is 5.49. The van der Waals surface area contributed by atoms with E-state index in [1.165, 1.54) is 6.07 Å². The molecule has 0 radical (unpaired) electrons. The molecule has 18 heavy (non-hydrogen) atoms. The van der Waals surface area contributed by atoms with E-state index in [0.29, 0.717) is 10.4 Å². The molecular formula is C12H9Br2F2NO. The smallest absolute Gasteiger partial charge is 0.169 e. The SMILES string of the molecule is CC(Nc1cc(Br)c(F)cc1F)c1ccc(Br)o1. The molecule has 0 fully saturated rings. The van der Waals surface area contributed by atoms with Crippen molar-refractivity contribution in [1.29, 1.82) is 0 Å². The van der Waals surface area contributed by atoms with Gasteiger partial charge in [0.25, 0.3) is 0 Å². The summed E-state index contributed by atoms with van der Waals surface area (Å²) in [5.74, 6) is -0.624. The summed E-state index contributed by atoms with van der Waals surface area (Å²) in [5.41, 5.74) is 0.211. The van der Waals surface area contributed by atoms with Gasteiger partial charge in [0.15, 0.2) is 4.67 Å². The van der Waals surface area contributed by atoms with E-state index in [0.717, 1.165) is 6.07 Å². The summed E-state index contributed by atoms with van der Waals surface area (Å²) in [7, 11) is 0. The van der Waals surface area contributed by atoms with E-state index < -0.39 is 11.6 Å². The quantitative estimate of drug-likeness (QED) is 0.735. The highest BCUT2D eigenvalue weighted by Gasteiger charge is 2.14. The Hall–Kier alpha value is -0.880. The molecule has 1 aromatic carbocycles. The summed E-state index contributed by atoms with van der Waals surface area (Å²) in [6.45, 7) is 1.82. The maximum absolute atomic E-state index is 13.5. The Balaban J connectivity index is 2.21. The van der Waals surface area contributed by atoms with Crippen LogP contribution in [0, 0.1) is 11.6 Å². The molecule has 0 amide bonds. The monoisotopic (exact) mass is 379 g/mol. The Labute approximate surface area is 120 Å². The molecule has 2 aromatic rings. The van der Waals surface area contributed by atoms with Crippen LogP contribution >= 0.6 is 31.9 Å². The van der Waals surface area contributed by atoms with E-state index >= 15 is 0 Å². The van der Waals surface area contributed by atoms with E-state index in [4.69, 9.17) is 4.42 Å². The second-order valence-electron chi connectivity index (χ2n) is 3.75. The van der Waals surface area contributed by atoms with Crippen LogP contribution < -0.4 is 5.32 Å². The van der Waals surface area contributed by atoms with Crippen molar-refractivity contribution in [3.63, 3.8) is 0 Å². The third-order valence-corrected chi connectivity index (χ3v) is 3.44. The largest absolute Gasteiger partial charge is 0.452 e. The fourth-order valence-electron chi connectivity index (χ4n) is 1.50. The molecule has 0 aliphatic carbocycles. The lowest BCUT2D eigenvalue weighted by atomic mass is 10.2. The number of anilines is 1. The topological polar surface area (TPSA) is 25.2 Å². The van der Waals surface area contributed by atoms with Crippen LogP contribution in [0.15, 0.2) is 37.8 Å². The van der Waals surface area contributed by atoms with Crippen LogP contribution in [0.1, 0.15) is 18.7 Å². The maximum Gasteiger partial charge on any atom is 0.169 e. The molecule has 2 rings (SSSR count). The molecule has 0 aliphatic rings. The first-order chi connectivity index (χ1) is 8.47. The van der Waals surface area contributed by atoms with E-state index in [1.807, 2.05) is 6.92 Å². The molecule has 6 heteroatoms. The van der Waals surface area contributed by atoms with Crippen molar-refractivity contribution in [2.45, 2.75) is 13.0 Å². The number of rotatable bonds is 3. The van der Waals surface area contributed by atoms with Crippen molar-refractivity contribution in [2.75, 3.05) is 5.32 Å². The highest BCUT2D eigenvalue weighted by atomic mass is 79.9. The third kappa shape index (κ3) is 2.92. The van der Waals surface area contributed by atoms with Crippen molar-refractivity contribution in [3.05, 3.63) is 50.8 Å². The maximum atomic E-state index is 13.5. The van der Waals surface area contributed by atoms with Gasteiger partial charge in [0.2, 0.25) is 0 Å². The lowest BCUT2D eigenvalue weighted by Crippen LogP contribution is -2.07. The van der Waals surface area contributed by atoms with Gasteiger partial charge in [-0.3, -0.25) is 0 Å². The highest BCUT2D eigenvalue weighted by Crippen LogP contribution is 2.28. The molecule has 1 atom stereocenters. The predicted octanol–water partition coefficient (Wildman–Crippen LogP) is 5.26. The lowest BCUT2D eigenvalue weighted by Gasteiger charge is -2.14. The molecule has 1 N–H and O–H groups in total. The molecule has 0 aliphatic heterocycles. The van der Waals surface area contributed by atoms with Crippen LogP contribution in [-0.2, 0) is 0 Å². The summed E-state index contributed by atoms with van der Waals surface area (Å²) < 4.78 is 32.8. The number of halogens is 4. The van der Waals surface area contributed by atoms with Crippen molar-refractivity contribution in [1.82, 2.24) is 0 Å². The first kappa shape index (κ1) is 13.5. The van der Waals surface area contributed by atoms with Crippen molar-refractivity contribution in [3.8, 4) is 0 Å². The number of hydrogen-bond donors (Lipinski definition) is 1. The van der Waals surface area contributed by atoms with Gasteiger partial charge in [-0.25, -0.2) is 8.78 Å². The van der Waals surface area contributed by atoms with Crippen LogP contribution in [0.3, 0.4) is 0 Å². The third-order valence-electron chi connectivity index (χ3n) is 2.40. The fourth-order valence-corrected chi connectivity index (χ4v) is 2.16. The lowest BCUT2D eigenvalue weighted by molar-refractivity contribution is 0.470. The van der Waals surface area contributed by atoms with Crippen molar-refractivity contribution in [2.24, 2.45) is 0 Å². The Bertz CT molecular complexity index is 571. The minimum absolute atomic E-state index is 0.208. The zero-order chi connectivity index (χ0) is 13.3. The number of furan rings is 1. The standard InChI is InChI=1S/C12H9Br2F2NO/c1-6(11-2-3-12(14)18-11)17-10-4-7(13)8(15)5-9(10)16/h2-6,17H,1H3. The molecule has 0 saturated carbocycles. The van der Waals surface area contributed by atoms with E-state index in [1.54, 1.807) is 12.1 Å². The first-order valence-corrected chi connectivity index (χ1v) is 6.72. The number of hydrogen-bond acceptors (Lipinski definition) is 2. The average Bonchev–Trinajstić information content (AvgIpc) is 2.73. The van der Waals surface area contributed by atoms with E-state index in [-0.39, 0.29) is 16.2 Å². The Morgan fingerprint density at radius 2 is 1.89 bits per heavy atom. The van der Waals surface area contributed by atoms with Crippen molar-refractivity contribution >= 4 is 37.5 Å². The normalized spacial score (nSPS) is 12.5. The Morgan fingerprint density at radius 1 is 1.17 bits per heavy atom. The Morgan fingerprint density at radius 3 is 2.50 bits per heavy atom. The van der Waals surface area contributed by atoms with Gasteiger partial charge in [0.05, 0.1) is 16.2 Å². The van der Waals surface area contributed by atoms with Gasteiger partial charge in [-0.05, 0) is 57.0 Å². The zero-order valence-corrected chi connectivity index (χ0v) is 12.5. The number of nitrogens with one attached hydrogen (secondary N) is 1. The summed E-state index contributed by atoms with van der Waals surface area (Å²) in [5, 5.41) is 2.92. The Kier molecular flexibility index (Phi) is 4.07. The second kappa shape index (κ2) is 5.40. The number of benzene rings is 1. The van der Waals surface area contributed by atoms with Gasteiger partial charge in [0.1, 0.15) is 17.4 Å². The fraction of sp³-hybridized carbons (Fsp3) is 0.167. The van der Waals surface area contributed by atoms with Gasteiger partial charge in [-0.15, -0.1) is 0 Å². The van der Waals surface area contributed by atoms with Gasteiger partial charge >= 0.3 is 0 Å².